The van der Waals surface area contributed by atoms with E-state index in [2.05, 4.69) is 29.2 Å². The van der Waals surface area contributed by atoms with Crippen LogP contribution in [0.5, 0.6) is 5.75 Å². The number of hydrogen-bond donors (Lipinski definition) is 1. The van der Waals surface area contributed by atoms with Gasteiger partial charge in [-0.15, -0.1) is 0 Å². The number of anilines is 1. The number of carbonyl (C=O) groups is 2. The van der Waals surface area contributed by atoms with Gasteiger partial charge in [0.15, 0.2) is 0 Å². The molecule has 0 aliphatic rings. The van der Waals surface area contributed by atoms with E-state index in [9.17, 15) is 14.7 Å². The summed E-state index contributed by atoms with van der Waals surface area (Å²) < 4.78 is 0. The first kappa shape index (κ1) is 20.6. The fourth-order valence-electron chi connectivity index (χ4n) is 3.57. The summed E-state index contributed by atoms with van der Waals surface area (Å²) in [5, 5.41) is 11.6. The molecule has 29 heavy (non-hydrogen) atoms. The van der Waals surface area contributed by atoms with Gasteiger partial charge >= 0.3 is 0 Å². The van der Waals surface area contributed by atoms with E-state index in [0.717, 1.165) is 22.2 Å². The molecule has 4 heteroatoms. The zero-order valence-corrected chi connectivity index (χ0v) is 17.0. The van der Waals surface area contributed by atoms with Gasteiger partial charge in [-0.05, 0) is 47.6 Å². The molecule has 0 amide bonds. The van der Waals surface area contributed by atoms with Gasteiger partial charge in [0, 0.05) is 38.0 Å². The molecule has 0 aliphatic carbocycles. The van der Waals surface area contributed by atoms with Crippen LogP contribution in [0.25, 0.3) is 10.8 Å². The molecule has 1 N–H and O–H groups in total. The minimum atomic E-state index is -0.0316. The fraction of sp³-hybridized carbons (Fsp3) is 0.280. The topological polar surface area (TPSA) is 57.6 Å². The number of rotatable bonds is 9. The SMILES string of the molecule is CN(C)c1ccc(CCC(=O)CC(=O)CCc2ccc(O)cc2)c2ccccc12. The summed E-state index contributed by atoms with van der Waals surface area (Å²) in [6, 6.07) is 19.2. The van der Waals surface area contributed by atoms with E-state index < -0.39 is 0 Å². The lowest BCUT2D eigenvalue weighted by atomic mass is 9.96. The van der Waals surface area contributed by atoms with Gasteiger partial charge in [0.1, 0.15) is 17.3 Å². The minimum absolute atomic E-state index is 0.00814. The molecule has 0 saturated heterocycles. The van der Waals surface area contributed by atoms with Crippen molar-refractivity contribution in [1.29, 1.82) is 0 Å². The molecule has 0 heterocycles. The summed E-state index contributed by atoms with van der Waals surface area (Å²) >= 11 is 0. The Morgan fingerprint density at radius 2 is 1.41 bits per heavy atom. The Labute approximate surface area is 171 Å². The standard InChI is InChI=1S/C25H27NO3/c1-26(2)25-16-11-19(23-5-3-4-6-24(23)25)10-15-22(29)17-21(28)14-9-18-7-12-20(27)13-8-18/h3-8,11-13,16,27H,9-10,14-15,17H2,1-2H3. The molecule has 0 aromatic heterocycles. The van der Waals surface area contributed by atoms with Crippen LogP contribution in [-0.4, -0.2) is 30.8 Å². The average molecular weight is 389 g/mol. The van der Waals surface area contributed by atoms with Crippen LogP contribution in [0.3, 0.4) is 0 Å². The van der Waals surface area contributed by atoms with Gasteiger partial charge < -0.3 is 10.0 Å². The Kier molecular flexibility index (Phi) is 6.65. The maximum absolute atomic E-state index is 12.3. The third-order valence-corrected chi connectivity index (χ3v) is 5.17. The summed E-state index contributed by atoms with van der Waals surface area (Å²) in [7, 11) is 4.05. The van der Waals surface area contributed by atoms with E-state index in [1.54, 1.807) is 24.3 Å². The number of fused-ring (bicyclic) bond motifs is 1. The zero-order chi connectivity index (χ0) is 20.8. The first-order valence-corrected chi connectivity index (χ1v) is 9.93. The van der Waals surface area contributed by atoms with Gasteiger partial charge in [-0.3, -0.25) is 9.59 Å². The van der Waals surface area contributed by atoms with Crippen molar-refractivity contribution in [2.75, 3.05) is 19.0 Å². The molecule has 4 nitrogen and oxygen atoms in total. The molecule has 0 spiro atoms. The van der Waals surface area contributed by atoms with Crippen molar-refractivity contribution < 1.29 is 14.7 Å². The quantitative estimate of drug-likeness (QED) is 0.539. The second kappa shape index (κ2) is 9.37. The number of ketones is 2. The Bertz CT molecular complexity index is 1010. The van der Waals surface area contributed by atoms with E-state index in [1.807, 2.05) is 26.2 Å². The lowest BCUT2D eigenvalue weighted by Crippen LogP contribution is -2.11. The highest BCUT2D eigenvalue weighted by molar-refractivity contribution is 6.00. The first-order valence-electron chi connectivity index (χ1n) is 9.93. The number of aryl methyl sites for hydroxylation is 2. The van der Waals surface area contributed by atoms with Crippen LogP contribution in [0, 0.1) is 0 Å². The number of phenols is 1. The van der Waals surface area contributed by atoms with E-state index in [0.29, 0.717) is 25.7 Å². The average Bonchev–Trinajstić information content (AvgIpc) is 2.71. The molecule has 0 atom stereocenters. The smallest absolute Gasteiger partial charge is 0.140 e. The summed E-state index contributed by atoms with van der Waals surface area (Å²) in [6.45, 7) is 0. The molecule has 0 unspecified atom stereocenters. The van der Waals surface area contributed by atoms with E-state index >= 15 is 0 Å². The Balaban J connectivity index is 1.56. The number of nitrogens with zero attached hydrogens (tertiary/aromatic N) is 1. The lowest BCUT2D eigenvalue weighted by Gasteiger charge is -2.17. The van der Waals surface area contributed by atoms with E-state index in [4.69, 9.17) is 0 Å². The predicted molar refractivity (Wildman–Crippen MR) is 118 cm³/mol. The summed E-state index contributed by atoms with van der Waals surface area (Å²) in [6.07, 6.45) is 1.93. The monoisotopic (exact) mass is 389 g/mol. The van der Waals surface area contributed by atoms with Crippen molar-refractivity contribution in [2.45, 2.75) is 32.1 Å². The van der Waals surface area contributed by atoms with Crippen molar-refractivity contribution in [3.8, 4) is 5.75 Å². The number of aromatic hydroxyl groups is 1. The van der Waals surface area contributed by atoms with E-state index in [1.165, 1.54) is 5.39 Å². The van der Waals surface area contributed by atoms with Gasteiger partial charge in [0.05, 0.1) is 6.42 Å². The Hall–Kier alpha value is -3.14. The van der Waals surface area contributed by atoms with Crippen LogP contribution in [0.4, 0.5) is 5.69 Å². The maximum atomic E-state index is 12.3. The summed E-state index contributed by atoms with van der Waals surface area (Å²) in [5.41, 5.74) is 3.27. The summed E-state index contributed by atoms with van der Waals surface area (Å²) in [4.78, 5) is 26.6. The van der Waals surface area contributed by atoms with Gasteiger partial charge in [-0.1, -0.05) is 42.5 Å². The van der Waals surface area contributed by atoms with Gasteiger partial charge in [-0.25, -0.2) is 0 Å². The number of hydrogen-bond acceptors (Lipinski definition) is 4. The minimum Gasteiger partial charge on any atom is -0.508 e. The third kappa shape index (κ3) is 5.44. The molecule has 0 bridgehead atoms. The lowest BCUT2D eigenvalue weighted by molar-refractivity contribution is -0.126. The molecule has 0 saturated carbocycles. The van der Waals surface area contributed by atoms with Crippen molar-refractivity contribution in [1.82, 2.24) is 0 Å². The third-order valence-electron chi connectivity index (χ3n) is 5.17. The number of phenolic OH excluding ortho intramolecular Hbond substituents is 1. The molecule has 3 aromatic carbocycles. The maximum Gasteiger partial charge on any atom is 0.140 e. The number of carbonyl (C=O) groups excluding carboxylic acids is 2. The Morgan fingerprint density at radius 3 is 2.07 bits per heavy atom. The molecule has 0 aliphatic heterocycles. The van der Waals surface area contributed by atoms with Crippen molar-refractivity contribution >= 4 is 28.0 Å². The molecule has 0 radical (unpaired) electrons. The van der Waals surface area contributed by atoms with Crippen molar-refractivity contribution in [3.63, 3.8) is 0 Å². The molecular formula is C25H27NO3. The molecule has 3 aromatic rings. The number of benzene rings is 3. The second-order valence-electron chi connectivity index (χ2n) is 7.60. The highest BCUT2D eigenvalue weighted by Gasteiger charge is 2.12. The molecular weight excluding hydrogens is 362 g/mol. The summed E-state index contributed by atoms with van der Waals surface area (Å²) in [5.74, 6) is 0.166. The highest BCUT2D eigenvalue weighted by Crippen LogP contribution is 2.29. The van der Waals surface area contributed by atoms with Gasteiger partial charge in [-0.2, -0.15) is 0 Å². The van der Waals surface area contributed by atoms with Crippen molar-refractivity contribution in [3.05, 3.63) is 71.8 Å². The van der Waals surface area contributed by atoms with Crippen LogP contribution in [0.15, 0.2) is 60.7 Å². The Morgan fingerprint density at radius 1 is 0.793 bits per heavy atom. The van der Waals surface area contributed by atoms with Gasteiger partial charge in [0.2, 0.25) is 0 Å². The zero-order valence-electron chi connectivity index (χ0n) is 17.0. The van der Waals surface area contributed by atoms with Gasteiger partial charge in [0.25, 0.3) is 0 Å². The predicted octanol–water partition coefficient (Wildman–Crippen LogP) is 4.71. The normalized spacial score (nSPS) is 10.8. The van der Waals surface area contributed by atoms with Crippen LogP contribution < -0.4 is 4.90 Å². The van der Waals surface area contributed by atoms with Crippen molar-refractivity contribution in [2.24, 2.45) is 0 Å². The fourth-order valence-corrected chi connectivity index (χ4v) is 3.57. The molecule has 150 valence electrons. The number of Topliss-reactive ketones (excluding diaryl/α,β-unsaturated/α-hetero) is 2. The van der Waals surface area contributed by atoms with Crippen LogP contribution in [0.1, 0.15) is 30.4 Å². The van der Waals surface area contributed by atoms with Crippen LogP contribution >= 0.6 is 0 Å². The molecule has 3 rings (SSSR count). The molecule has 0 fully saturated rings. The van der Waals surface area contributed by atoms with Crippen LogP contribution in [-0.2, 0) is 22.4 Å². The van der Waals surface area contributed by atoms with Crippen LogP contribution in [0.2, 0.25) is 0 Å². The van der Waals surface area contributed by atoms with E-state index in [-0.39, 0.29) is 23.7 Å². The second-order valence-corrected chi connectivity index (χ2v) is 7.60. The first-order chi connectivity index (χ1) is 13.9. The largest absolute Gasteiger partial charge is 0.508 e. The highest BCUT2D eigenvalue weighted by atomic mass is 16.3.